The smallest absolute Gasteiger partial charge is 0.321 e. The number of rotatable bonds is 11. The van der Waals surface area contributed by atoms with E-state index in [1.807, 2.05) is 31.9 Å². The maximum Gasteiger partial charge on any atom is 0.321 e. The van der Waals surface area contributed by atoms with Crippen molar-refractivity contribution in [1.82, 2.24) is 14.8 Å². The van der Waals surface area contributed by atoms with Crippen molar-refractivity contribution >= 4 is 54.5 Å². The Morgan fingerprint density at radius 1 is 1.02 bits per heavy atom. The number of likely N-dealkylation sites (N-methyl/N-ethyl adjacent to an activating group) is 1. The second kappa shape index (κ2) is 18.2. The predicted octanol–water partition coefficient (Wildman–Crippen LogP) is 8.76. The van der Waals surface area contributed by atoms with E-state index in [0.29, 0.717) is 23.8 Å². The van der Waals surface area contributed by atoms with Crippen LogP contribution in [0, 0.1) is 29.3 Å². The summed E-state index contributed by atoms with van der Waals surface area (Å²) >= 11 is 1.68. The zero-order valence-corrected chi connectivity index (χ0v) is 30.6. The molecule has 3 unspecified atom stereocenters. The average Bonchev–Trinajstić information content (AvgIpc) is 3.57. The van der Waals surface area contributed by atoms with Crippen molar-refractivity contribution in [2.24, 2.45) is 11.8 Å². The molecule has 1 N–H and O–H groups in total. The molecule has 262 valence electrons. The van der Waals surface area contributed by atoms with Crippen molar-refractivity contribution in [2.75, 3.05) is 26.7 Å². The first kappa shape index (κ1) is 41.3. The van der Waals surface area contributed by atoms with Crippen LogP contribution in [-0.2, 0) is 17.6 Å². The van der Waals surface area contributed by atoms with Gasteiger partial charge in [-0.15, -0.1) is 48.6 Å². The fourth-order valence-corrected chi connectivity index (χ4v) is 8.95. The summed E-state index contributed by atoms with van der Waals surface area (Å²) in [5, 5.41) is 10.8. The van der Waals surface area contributed by atoms with Gasteiger partial charge in [0.1, 0.15) is 23.5 Å². The molecule has 1 saturated heterocycles. The van der Waals surface area contributed by atoms with E-state index in [1.165, 1.54) is 23.1 Å². The summed E-state index contributed by atoms with van der Waals surface area (Å²) in [5.41, 5.74) is 2.68. The number of aromatic nitrogens is 1. The van der Waals surface area contributed by atoms with Crippen LogP contribution in [-0.4, -0.2) is 64.6 Å². The molecule has 1 aliphatic carbocycles. The summed E-state index contributed by atoms with van der Waals surface area (Å²) in [6.45, 7) is 8.81. The molecule has 1 aliphatic heterocycles. The van der Waals surface area contributed by atoms with Gasteiger partial charge >= 0.3 is 5.97 Å². The molecule has 0 bridgehead atoms. The molecule has 0 amide bonds. The molecule has 2 fully saturated rings. The van der Waals surface area contributed by atoms with Gasteiger partial charge in [-0.25, -0.2) is 18.2 Å². The third-order valence-electron chi connectivity index (χ3n) is 9.68. The normalized spacial score (nSPS) is 20.8. The van der Waals surface area contributed by atoms with Gasteiger partial charge in [-0.1, -0.05) is 32.9 Å². The van der Waals surface area contributed by atoms with Gasteiger partial charge < -0.3 is 10.0 Å². The van der Waals surface area contributed by atoms with E-state index in [0.717, 1.165) is 74.1 Å². The van der Waals surface area contributed by atoms with Crippen LogP contribution in [0.25, 0.3) is 0 Å². The Morgan fingerprint density at radius 3 is 2.26 bits per heavy atom. The highest BCUT2D eigenvalue weighted by Crippen LogP contribution is 2.44. The number of halogens is 6. The molecule has 3 aromatic rings. The summed E-state index contributed by atoms with van der Waals surface area (Å²) < 4.78 is 41.8. The topological polar surface area (TPSA) is 56.7 Å². The summed E-state index contributed by atoms with van der Waals surface area (Å²) in [6.07, 6.45) is 4.97. The Kier molecular flexibility index (Phi) is 16.0. The van der Waals surface area contributed by atoms with E-state index >= 15 is 0 Å². The van der Waals surface area contributed by atoms with Crippen LogP contribution < -0.4 is 0 Å². The zero-order chi connectivity index (χ0) is 31.5. The monoisotopic (exact) mass is 735 g/mol. The highest BCUT2D eigenvalue weighted by atomic mass is 35.5. The van der Waals surface area contributed by atoms with E-state index in [1.54, 1.807) is 23.5 Å². The maximum absolute atomic E-state index is 14.3. The van der Waals surface area contributed by atoms with Crippen LogP contribution >= 0.6 is 48.6 Å². The first-order valence-corrected chi connectivity index (χ1v) is 16.7. The van der Waals surface area contributed by atoms with Gasteiger partial charge in [0.2, 0.25) is 0 Å². The first-order valence-electron chi connectivity index (χ1n) is 15.9. The molecule has 47 heavy (non-hydrogen) atoms. The Labute approximate surface area is 299 Å². The third-order valence-corrected chi connectivity index (χ3v) is 10.9. The molecule has 4 atom stereocenters. The van der Waals surface area contributed by atoms with Gasteiger partial charge in [0.15, 0.2) is 0 Å². The highest BCUT2D eigenvalue weighted by Gasteiger charge is 2.42. The molecule has 2 aromatic carbocycles. The Balaban J connectivity index is 0.00000256. The van der Waals surface area contributed by atoms with Crippen LogP contribution in [0.15, 0.2) is 42.5 Å². The van der Waals surface area contributed by atoms with Gasteiger partial charge in [0.25, 0.3) is 0 Å². The van der Waals surface area contributed by atoms with Crippen molar-refractivity contribution in [3.8, 4) is 0 Å². The van der Waals surface area contributed by atoms with Crippen LogP contribution in [0.4, 0.5) is 13.2 Å². The number of thiazole rings is 1. The average molecular weight is 737 g/mol. The molecule has 1 aromatic heterocycles. The summed E-state index contributed by atoms with van der Waals surface area (Å²) in [4.78, 5) is 22.8. The van der Waals surface area contributed by atoms with Gasteiger partial charge in [0.05, 0.1) is 10.7 Å². The number of likely N-dealkylation sites (tertiary alicyclic amines) is 1. The van der Waals surface area contributed by atoms with Crippen LogP contribution in [0.3, 0.4) is 0 Å². The lowest BCUT2D eigenvalue weighted by atomic mass is 9.87. The number of nitrogens with zero attached hydrogens (tertiary/aromatic N) is 3. The summed E-state index contributed by atoms with van der Waals surface area (Å²) in [6, 6.07) is 10.1. The van der Waals surface area contributed by atoms with Crippen molar-refractivity contribution < 1.29 is 23.1 Å². The molecule has 0 spiro atoms. The number of hydrogen-bond acceptors (Lipinski definition) is 5. The number of hydrogen-bond donors (Lipinski definition) is 1. The summed E-state index contributed by atoms with van der Waals surface area (Å²) in [5.74, 6) is -1.31. The summed E-state index contributed by atoms with van der Waals surface area (Å²) in [7, 11) is 1.93. The van der Waals surface area contributed by atoms with Gasteiger partial charge in [0, 0.05) is 30.0 Å². The van der Waals surface area contributed by atoms with E-state index in [9.17, 15) is 23.1 Å². The predicted molar refractivity (Wildman–Crippen MR) is 190 cm³/mol. The Morgan fingerprint density at radius 2 is 1.68 bits per heavy atom. The van der Waals surface area contributed by atoms with Crippen molar-refractivity contribution in [3.05, 3.63) is 86.6 Å². The quantitative estimate of drug-likeness (QED) is 0.214. The Bertz CT molecular complexity index is 1430. The van der Waals surface area contributed by atoms with Crippen LogP contribution in [0.5, 0.6) is 0 Å². The highest BCUT2D eigenvalue weighted by molar-refractivity contribution is 7.11. The number of carboxylic acids is 1. The van der Waals surface area contributed by atoms with Crippen molar-refractivity contribution in [3.63, 3.8) is 0 Å². The minimum atomic E-state index is -0.795. The molecule has 2 aliphatic rings. The molecule has 1 saturated carbocycles. The first-order chi connectivity index (χ1) is 21.0. The second-order valence-corrected chi connectivity index (χ2v) is 14.2. The SMILES string of the molecule is CCc1nc(Cc2cc(F)cc(F)c2)sc1C1CCN(CC2CC(N(C)[C@@H](C(=O)O)C(C)C)CC2c2cccc(F)c2)CC1.Cl.Cl.Cl. The lowest BCUT2D eigenvalue weighted by Gasteiger charge is -2.35. The largest absolute Gasteiger partial charge is 0.480 e. The number of carboxylic acid groups (broad SMARTS) is 1. The lowest BCUT2D eigenvalue weighted by Crippen LogP contribution is -2.47. The second-order valence-electron chi connectivity index (χ2n) is 13.0. The van der Waals surface area contributed by atoms with Crippen LogP contribution in [0.1, 0.15) is 85.0 Å². The third kappa shape index (κ3) is 10.1. The van der Waals surface area contributed by atoms with Crippen LogP contribution in [0.2, 0.25) is 0 Å². The van der Waals surface area contributed by atoms with Crippen molar-refractivity contribution in [2.45, 2.75) is 83.2 Å². The maximum atomic E-state index is 14.3. The van der Waals surface area contributed by atoms with Gasteiger partial charge in [-0.05, 0) is 111 Å². The van der Waals surface area contributed by atoms with Gasteiger partial charge in [-0.2, -0.15) is 0 Å². The Hall–Kier alpha value is -1.88. The molecule has 2 heterocycles. The fraction of sp³-hybridized carbons (Fsp3) is 0.543. The molecule has 5 rings (SSSR count). The standard InChI is InChI=1S/C35H44F3N3O2S.3ClH/c1-5-31-34(44-32(39-31)15-22-13-27(37)18-28(38)14-22)23-9-11-41(12-10-23)20-25-17-29(40(4)33(21(2)3)35(42)43)19-30(25)24-7-6-8-26(36)16-24;;;/h6-8,13-14,16,18,21,23,25,29-30,33H,5,9-12,15,17,19-20H2,1-4H3,(H,42,43);3*1H/t25?,29?,30?,33-;;;/m1.../s1. The number of piperidine rings is 1. The van der Waals surface area contributed by atoms with E-state index in [2.05, 4.69) is 11.8 Å². The number of benzene rings is 2. The minimum Gasteiger partial charge on any atom is -0.480 e. The number of aliphatic carboxylic acids is 1. The van der Waals surface area contributed by atoms with E-state index in [-0.39, 0.29) is 60.9 Å². The lowest BCUT2D eigenvalue weighted by molar-refractivity contribution is -0.145. The molecule has 12 heteroatoms. The molecule has 5 nitrogen and oxygen atoms in total. The number of carbonyl (C=O) groups is 1. The minimum absolute atomic E-state index is 0. The number of aryl methyl sites for hydroxylation is 1. The molecular weight excluding hydrogens is 690 g/mol. The zero-order valence-electron chi connectivity index (χ0n) is 27.3. The van der Waals surface area contributed by atoms with Gasteiger partial charge in [-0.3, -0.25) is 9.69 Å². The molecular formula is C35H47Cl3F3N3O2S. The fourth-order valence-electron chi connectivity index (χ4n) is 7.59. The van der Waals surface area contributed by atoms with Crippen molar-refractivity contribution in [1.29, 1.82) is 0 Å². The molecule has 0 radical (unpaired) electrons. The van der Waals surface area contributed by atoms with E-state index in [4.69, 9.17) is 4.98 Å². The van der Waals surface area contributed by atoms with E-state index < -0.39 is 23.6 Å².